The summed E-state index contributed by atoms with van der Waals surface area (Å²) in [5.74, 6) is -0.238. The van der Waals surface area contributed by atoms with Gasteiger partial charge in [-0.3, -0.25) is 0 Å². The Labute approximate surface area is 201 Å². The second-order valence-electron chi connectivity index (χ2n) is 9.28. The van der Waals surface area contributed by atoms with Gasteiger partial charge in [0.05, 0.1) is 24.8 Å². The molecule has 35 heavy (non-hydrogen) atoms. The molecule has 3 rings (SSSR count). The topological polar surface area (TPSA) is 301 Å². The van der Waals surface area contributed by atoms with Gasteiger partial charge in [-0.2, -0.15) is 0 Å². The third-order valence-corrected chi connectivity index (χ3v) is 6.66. The summed E-state index contributed by atoms with van der Waals surface area (Å²) >= 11 is 0. The van der Waals surface area contributed by atoms with E-state index in [1.807, 2.05) is 0 Å². The highest BCUT2D eigenvalue weighted by Gasteiger charge is 2.52. The first kappa shape index (κ1) is 28.3. The molecule has 2 aliphatic heterocycles. The van der Waals surface area contributed by atoms with Crippen molar-refractivity contribution in [3.63, 3.8) is 0 Å². The molecule has 0 aromatic heterocycles. The zero-order valence-electron chi connectivity index (χ0n) is 19.2. The number of ether oxygens (including phenoxy) is 4. The number of nitrogens with zero attached hydrogens (tertiary/aromatic N) is 1. The Morgan fingerprint density at radius 1 is 0.857 bits per heavy atom. The van der Waals surface area contributed by atoms with Crippen molar-refractivity contribution in [2.45, 2.75) is 105 Å². The molecule has 16 N–H and O–H groups in total. The second kappa shape index (κ2) is 11.4. The molecule has 0 radical (unpaired) electrons. The van der Waals surface area contributed by atoms with Crippen molar-refractivity contribution in [2.75, 3.05) is 6.61 Å². The van der Waals surface area contributed by atoms with E-state index in [0.29, 0.717) is 0 Å². The van der Waals surface area contributed by atoms with Crippen LogP contribution in [0.4, 0.5) is 0 Å². The van der Waals surface area contributed by atoms with Crippen molar-refractivity contribution in [3.05, 3.63) is 0 Å². The molecule has 0 aromatic carbocycles. The number of aliphatic hydroxyl groups excluding tert-OH is 6. The monoisotopic (exact) mass is 510 g/mol. The van der Waals surface area contributed by atoms with Crippen molar-refractivity contribution >= 4 is 5.96 Å². The first-order valence-electron chi connectivity index (χ1n) is 11.4. The van der Waals surface area contributed by atoms with Crippen molar-refractivity contribution in [1.82, 2.24) is 0 Å². The first-order valence-corrected chi connectivity index (χ1v) is 11.4. The predicted octanol–water partition coefficient (Wildman–Crippen LogP) is -6.95. The lowest BCUT2D eigenvalue weighted by Gasteiger charge is -2.47. The van der Waals surface area contributed by atoms with Crippen molar-refractivity contribution in [2.24, 2.45) is 33.7 Å². The average molecular weight is 511 g/mol. The van der Waals surface area contributed by atoms with Crippen LogP contribution in [0.3, 0.4) is 0 Å². The van der Waals surface area contributed by atoms with E-state index in [4.69, 9.17) is 47.6 Å². The number of rotatable bonds is 7. The summed E-state index contributed by atoms with van der Waals surface area (Å²) in [4.78, 5) is 3.91. The lowest BCUT2D eigenvalue weighted by molar-refractivity contribution is -0.310. The fraction of sp³-hybridized carbons (Fsp3) is 0.947. The first-order chi connectivity index (χ1) is 16.4. The SMILES string of the molecule is C[C@@H](N=C(N)N)[C@H]1O[C@@H](OC2C(O)[C@H](N)CC(N)[C@H]2O[C@H]2OC(CO)[C@@H](O)C(O)C2N)C(O)C1O. The van der Waals surface area contributed by atoms with E-state index in [9.17, 15) is 30.6 Å². The normalized spacial score (nSPS) is 49.5. The maximum atomic E-state index is 10.8. The van der Waals surface area contributed by atoms with Gasteiger partial charge in [-0.05, 0) is 13.3 Å². The summed E-state index contributed by atoms with van der Waals surface area (Å²) in [7, 11) is 0. The quantitative estimate of drug-likeness (QED) is 0.112. The number of guanidine groups is 1. The van der Waals surface area contributed by atoms with Crippen LogP contribution >= 0.6 is 0 Å². The smallest absolute Gasteiger partial charge is 0.187 e. The number of nitrogens with two attached hydrogens (primary N) is 5. The molecule has 0 aromatic rings. The molecule has 0 bridgehead atoms. The number of hydrogen-bond acceptors (Lipinski definition) is 14. The molecule has 16 nitrogen and oxygen atoms in total. The summed E-state index contributed by atoms with van der Waals surface area (Å²) in [6.45, 7) is 0.944. The summed E-state index contributed by atoms with van der Waals surface area (Å²) in [6, 6.07) is -3.60. The Morgan fingerprint density at radius 3 is 2.09 bits per heavy atom. The molecule has 16 heteroatoms. The minimum Gasteiger partial charge on any atom is -0.394 e. The van der Waals surface area contributed by atoms with Crippen molar-refractivity contribution in [3.8, 4) is 0 Å². The summed E-state index contributed by atoms with van der Waals surface area (Å²) < 4.78 is 22.9. The zero-order chi connectivity index (χ0) is 26.2. The van der Waals surface area contributed by atoms with Gasteiger partial charge in [0.25, 0.3) is 0 Å². The van der Waals surface area contributed by atoms with Crippen LogP contribution in [0.5, 0.6) is 0 Å². The van der Waals surface area contributed by atoms with Crippen molar-refractivity contribution in [1.29, 1.82) is 0 Å². The maximum absolute atomic E-state index is 10.8. The van der Waals surface area contributed by atoms with Crippen LogP contribution in [0.25, 0.3) is 0 Å². The Hall–Kier alpha value is -1.25. The molecule has 204 valence electrons. The van der Waals surface area contributed by atoms with Crippen LogP contribution in [-0.2, 0) is 18.9 Å². The molecule has 3 fully saturated rings. The molecule has 8 unspecified atom stereocenters. The van der Waals surface area contributed by atoms with Crippen molar-refractivity contribution < 1.29 is 49.6 Å². The second-order valence-corrected chi connectivity index (χ2v) is 9.28. The van der Waals surface area contributed by atoms with E-state index in [-0.39, 0.29) is 12.4 Å². The fourth-order valence-corrected chi connectivity index (χ4v) is 4.63. The van der Waals surface area contributed by atoms with Gasteiger partial charge in [-0.1, -0.05) is 0 Å². The molecule has 15 atom stereocenters. The number of aliphatic hydroxyl groups is 6. The zero-order valence-corrected chi connectivity index (χ0v) is 19.2. The molecule has 1 saturated carbocycles. The minimum absolute atomic E-state index is 0.114. The standard InChI is InChI=1S/C19H38N6O10/c1-4(25-19(23)24)14-12(30)13(31)18(33-14)35-16-9(27)5(20)2-6(21)15(16)34-17-8(22)11(29)10(28)7(3-26)32-17/h4-18,26-31H,2-3,20-22H2,1H3,(H4,23,24,25)/t4-,5-,6?,7?,8?,9?,10-,11?,12?,13?,14-,15-,16?,17-,18+/m1/s1. The maximum Gasteiger partial charge on any atom is 0.187 e. The van der Waals surface area contributed by atoms with E-state index in [0.717, 1.165) is 0 Å². The van der Waals surface area contributed by atoms with Gasteiger partial charge in [-0.15, -0.1) is 0 Å². The van der Waals surface area contributed by atoms with Crippen LogP contribution in [0, 0.1) is 0 Å². The fourth-order valence-electron chi connectivity index (χ4n) is 4.63. The highest BCUT2D eigenvalue weighted by atomic mass is 16.7. The third-order valence-electron chi connectivity index (χ3n) is 6.66. The lowest BCUT2D eigenvalue weighted by Crippen LogP contribution is -2.68. The number of aliphatic imine (C=N–C) groups is 1. The molecule has 0 amide bonds. The predicted molar refractivity (Wildman–Crippen MR) is 118 cm³/mol. The van der Waals surface area contributed by atoms with Gasteiger partial charge >= 0.3 is 0 Å². The molecular formula is C19H38N6O10. The molecular weight excluding hydrogens is 472 g/mol. The average Bonchev–Trinajstić information content (AvgIpc) is 3.07. The van der Waals surface area contributed by atoms with Crippen LogP contribution in [0.15, 0.2) is 4.99 Å². The highest BCUT2D eigenvalue weighted by molar-refractivity contribution is 5.75. The summed E-state index contributed by atoms with van der Waals surface area (Å²) in [5, 5.41) is 61.4. The van der Waals surface area contributed by atoms with Gasteiger partial charge in [0.1, 0.15) is 48.8 Å². The van der Waals surface area contributed by atoms with E-state index in [2.05, 4.69) is 4.99 Å². The van der Waals surface area contributed by atoms with Gasteiger partial charge in [0, 0.05) is 12.1 Å². The van der Waals surface area contributed by atoms with Crippen LogP contribution in [0.1, 0.15) is 13.3 Å². The Balaban J connectivity index is 1.78. The molecule has 0 spiro atoms. The highest BCUT2D eigenvalue weighted by Crippen LogP contribution is 2.33. The Kier molecular flexibility index (Phi) is 9.25. The van der Waals surface area contributed by atoms with E-state index < -0.39 is 98.3 Å². The van der Waals surface area contributed by atoms with Gasteiger partial charge in [-0.25, -0.2) is 4.99 Å². The molecule has 3 aliphatic rings. The van der Waals surface area contributed by atoms with Crippen LogP contribution in [-0.4, -0.2) is 135 Å². The largest absolute Gasteiger partial charge is 0.394 e. The van der Waals surface area contributed by atoms with E-state index in [1.165, 1.54) is 0 Å². The van der Waals surface area contributed by atoms with E-state index >= 15 is 0 Å². The van der Waals surface area contributed by atoms with E-state index in [1.54, 1.807) is 6.92 Å². The van der Waals surface area contributed by atoms with Gasteiger partial charge < -0.3 is 78.3 Å². The Bertz CT molecular complexity index is 732. The molecule has 2 saturated heterocycles. The third kappa shape index (κ3) is 5.85. The van der Waals surface area contributed by atoms with Crippen LogP contribution in [0.2, 0.25) is 0 Å². The lowest BCUT2D eigenvalue weighted by atomic mass is 9.84. The minimum atomic E-state index is -1.54. The Morgan fingerprint density at radius 2 is 1.49 bits per heavy atom. The van der Waals surface area contributed by atoms with Crippen LogP contribution < -0.4 is 28.7 Å². The van der Waals surface area contributed by atoms with Gasteiger partial charge in [0.2, 0.25) is 0 Å². The van der Waals surface area contributed by atoms with Gasteiger partial charge in [0.15, 0.2) is 18.5 Å². The molecule has 1 aliphatic carbocycles. The summed E-state index contributed by atoms with van der Waals surface area (Å²) in [5.41, 5.74) is 28.9. The summed E-state index contributed by atoms with van der Waals surface area (Å²) in [6.07, 6.45) is -14.5. The number of hydrogen-bond donors (Lipinski definition) is 11. The molecule has 2 heterocycles.